The van der Waals surface area contributed by atoms with Gasteiger partial charge in [0, 0.05) is 18.2 Å². The van der Waals surface area contributed by atoms with Crippen LogP contribution in [0, 0.1) is 10.1 Å². The average Bonchev–Trinajstić information content (AvgIpc) is 3.00. The normalized spacial score (nSPS) is 11.8. The first-order valence-corrected chi connectivity index (χ1v) is 9.18. The van der Waals surface area contributed by atoms with Gasteiger partial charge >= 0.3 is 0 Å². The highest BCUT2D eigenvalue weighted by Gasteiger charge is 2.15. The van der Waals surface area contributed by atoms with E-state index in [1.165, 1.54) is 41.2 Å². The summed E-state index contributed by atoms with van der Waals surface area (Å²) in [6.07, 6.45) is 2.87. The van der Waals surface area contributed by atoms with Crippen LogP contribution in [0.15, 0.2) is 48.5 Å². The molecule has 27 heavy (non-hydrogen) atoms. The summed E-state index contributed by atoms with van der Waals surface area (Å²) in [5.41, 5.74) is 2.66. The van der Waals surface area contributed by atoms with Crippen LogP contribution in [0.2, 0.25) is 0 Å². The van der Waals surface area contributed by atoms with Crippen LogP contribution in [-0.4, -0.2) is 15.8 Å². The predicted molar refractivity (Wildman–Crippen MR) is 109 cm³/mol. The van der Waals surface area contributed by atoms with Crippen molar-refractivity contribution in [3.8, 4) is 0 Å². The van der Waals surface area contributed by atoms with Crippen molar-refractivity contribution in [3.05, 3.63) is 69.8 Å². The summed E-state index contributed by atoms with van der Waals surface area (Å²) in [4.78, 5) is 26.9. The fraction of sp³-hybridized carbons (Fsp3) is 0.200. The molecular formula is C20H19N3O3S. The van der Waals surface area contributed by atoms with Gasteiger partial charge in [-0.15, -0.1) is 0 Å². The molecule has 2 aromatic carbocycles. The number of non-ortho nitro benzene ring substituents is 1. The van der Waals surface area contributed by atoms with Crippen LogP contribution in [0.1, 0.15) is 31.9 Å². The SMILES string of the molecule is CC(C)(C)c1ccc2nc(NC(=O)/C=C/c3cccc([N+](=O)[O-])c3)sc2c1. The zero-order chi connectivity index (χ0) is 19.6. The molecule has 6 nitrogen and oxygen atoms in total. The molecule has 7 heteroatoms. The number of carbonyl (C=O) groups is 1. The molecule has 0 aliphatic carbocycles. The first-order chi connectivity index (χ1) is 12.7. The smallest absolute Gasteiger partial charge is 0.270 e. The van der Waals surface area contributed by atoms with Crippen LogP contribution in [0.3, 0.4) is 0 Å². The monoisotopic (exact) mass is 381 g/mol. The molecule has 3 rings (SSSR count). The fourth-order valence-electron chi connectivity index (χ4n) is 2.51. The number of aromatic nitrogens is 1. The molecule has 1 heterocycles. The van der Waals surface area contributed by atoms with Crippen molar-refractivity contribution in [1.82, 2.24) is 4.98 Å². The number of fused-ring (bicyclic) bond motifs is 1. The van der Waals surface area contributed by atoms with Crippen LogP contribution < -0.4 is 5.32 Å². The Kier molecular flexibility index (Phi) is 5.05. The van der Waals surface area contributed by atoms with Crippen molar-refractivity contribution in [3.63, 3.8) is 0 Å². The third kappa shape index (κ3) is 4.57. The number of benzene rings is 2. The van der Waals surface area contributed by atoms with Crippen LogP contribution in [-0.2, 0) is 10.2 Å². The summed E-state index contributed by atoms with van der Waals surface area (Å²) in [6, 6.07) is 12.2. The number of hydrogen-bond donors (Lipinski definition) is 1. The van der Waals surface area contributed by atoms with E-state index in [0.717, 1.165) is 10.2 Å². The Morgan fingerprint density at radius 3 is 2.70 bits per heavy atom. The summed E-state index contributed by atoms with van der Waals surface area (Å²) in [5.74, 6) is -0.336. The molecule has 0 saturated heterocycles. The zero-order valence-electron chi connectivity index (χ0n) is 15.2. The highest BCUT2D eigenvalue weighted by Crippen LogP contribution is 2.31. The van der Waals surface area contributed by atoms with Crippen molar-refractivity contribution in [2.75, 3.05) is 5.32 Å². The summed E-state index contributed by atoms with van der Waals surface area (Å²) < 4.78 is 1.01. The van der Waals surface area contributed by atoms with Crippen molar-refractivity contribution in [2.24, 2.45) is 0 Å². The number of carbonyl (C=O) groups excluding carboxylic acids is 1. The molecule has 0 spiro atoms. The number of nitrogens with zero attached hydrogens (tertiary/aromatic N) is 2. The summed E-state index contributed by atoms with van der Waals surface area (Å²) in [5, 5.41) is 14.1. The molecule has 3 aromatic rings. The van der Waals surface area contributed by atoms with Gasteiger partial charge in [-0.2, -0.15) is 0 Å². The Labute approximate surface area is 160 Å². The van der Waals surface area contributed by atoms with E-state index in [1.807, 2.05) is 6.07 Å². The van der Waals surface area contributed by atoms with Gasteiger partial charge in [0.25, 0.3) is 5.69 Å². The number of nitrogens with one attached hydrogen (secondary N) is 1. The van der Waals surface area contributed by atoms with Crippen LogP contribution in [0.25, 0.3) is 16.3 Å². The Morgan fingerprint density at radius 1 is 1.22 bits per heavy atom. The van der Waals surface area contributed by atoms with Crippen molar-refractivity contribution < 1.29 is 9.72 Å². The Balaban J connectivity index is 1.74. The molecule has 0 saturated carbocycles. The van der Waals surface area contributed by atoms with Crippen molar-refractivity contribution in [1.29, 1.82) is 0 Å². The molecule has 1 amide bonds. The lowest BCUT2D eigenvalue weighted by atomic mass is 9.87. The van der Waals surface area contributed by atoms with E-state index in [2.05, 4.69) is 43.2 Å². The minimum atomic E-state index is -0.468. The molecule has 0 atom stereocenters. The van der Waals surface area contributed by atoms with E-state index in [1.54, 1.807) is 12.1 Å². The van der Waals surface area contributed by atoms with Gasteiger partial charge in [0.1, 0.15) is 0 Å². The van der Waals surface area contributed by atoms with E-state index in [0.29, 0.717) is 10.7 Å². The molecular weight excluding hydrogens is 362 g/mol. The maximum atomic E-state index is 12.1. The average molecular weight is 381 g/mol. The minimum absolute atomic E-state index is 0.0154. The highest BCUT2D eigenvalue weighted by molar-refractivity contribution is 7.22. The standard InChI is InChI=1S/C20H19N3O3S/c1-20(2,3)14-8-9-16-17(12-14)27-19(21-16)22-18(24)10-7-13-5-4-6-15(11-13)23(25)26/h4-12H,1-3H3,(H,21,22,24)/b10-7+. The maximum absolute atomic E-state index is 12.1. The first kappa shape index (κ1) is 18.7. The maximum Gasteiger partial charge on any atom is 0.270 e. The van der Waals surface area contributed by atoms with Gasteiger partial charge in [-0.05, 0) is 34.8 Å². The molecule has 138 valence electrons. The number of nitro groups is 1. The van der Waals surface area contributed by atoms with Gasteiger partial charge in [0.15, 0.2) is 5.13 Å². The largest absolute Gasteiger partial charge is 0.298 e. The van der Waals surface area contributed by atoms with Crippen molar-refractivity contribution in [2.45, 2.75) is 26.2 Å². The third-order valence-corrected chi connectivity index (χ3v) is 4.93. The molecule has 0 bridgehead atoms. The lowest BCUT2D eigenvalue weighted by Crippen LogP contribution is -2.10. The number of thiazole rings is 1. The molecule has 0 unspecified atom stereocenters. The molecule has 1 aromatic heterocycles. The molecule has 1 N–H and O–H groups in total. The van der Waals surface area contributed by atoms with Crippen molar-refractivity contribution >= 4 is 44.4 Å². The van der Waals surface area contributed by atoms with E-state index >= 15 is 0 Å². The zero-order valence-corrected chi connectivity index (χ0v) is 16.0. The molecule has 0 fully saturated rings. The Bertz CT molecular complexity index is 1050. The third-order valence-electron chi connectivity index (χ3n) is 3.99. The quantitative estimate of drug-likeness (QED) is 0.384. The molecule has 0 aliphatic rings. The lowest BCUT2D eigenvalue weighted by Gasteiger charge is -2.18. The Hall–Kier alpha value is -3.06. The van der Waals surface area contributed by atoms with Gasteiger partial charge in [-0.3, -0.25) is 20.2 Å². The minimum Gasteiger partial charge on any atom is -0.298 e. The van der Waals surface area contributed by atoms with Crippen LogP contribution >= 0.6 is 11.3 Å². The highest BCUT2D eigenvalue weighted by atomic mass is 32.1. The van der Waals surface area contributed by atoms with E-state index in [9.17, 15) is 14.9 Å². The fourth-order valence-corrected chi connectivity index (χ4v) is 3.41. The predicted octanol–water partition coefficient (Wildman–Crippen LogP) is 5.15. The number of hydrogen-bond acceptors (Lipinski definition) is 5. The summed E-state index contributed by atoms with van der Waals surface area (Å²) in [6.45, 7) is 6.45. The number of rotatable bonds is 4. The molecule has 0 radical (unpaired) electrons. The van der Waals surface area contributed by atoms with E-state index < -0.39 is 4.92 Å². The lowest BCUT2D eigenvalue weighted by molar-refractivity contribution is -0.384. The van der Waals surface area contributed by atoms with Crippen LogP contribution in [0.5, 0.6) is 0 Å². The summed E-state index contributed by atoms with van der Waals surface area (Å²) in [7, 11) is 0. The van der Waals surface area contributed by atoms with Gasteiger partial charge in [-0.25, -0.2) is 4.98 Å². The summed E-state index contributed by atoms with van der Waals surface area (Å²) >= 11 is 1.42. The molecule has 0 aliphatic heterocycles. The van der Waals surface area contributed by atoms with Gasteiger partial charge in [0.05, 0.1) is 15.1 Å². The van der Waals surface area contributed by atoms with E-state index in [-0.39, 0.29) is 17.0 Å². The van der Waals surface area contributed by atoms with Gasteiger partial charge in [0.2, 0.25) is 5.91 Å². The topological polar surface area (TPSA) is 85.1 Å². The second kappa shape index (κ2) is 7.28. The number of nitro benzene ring substituents is 1. The first-order valence-electron chi connectivity index (χ1n) is 8.37. The van der Waals surface area contributed by atoms with Gasteiger partial charge in [-0.1, -0.05) is 50.3 Å². The second-order valence-electron chi connectivity index (χ2n) is 7.13. The number of amides is 1. The van der Waals surface area contributed by atoms with Crippen LogP contribution in [0.4, 0.5) is 10.8 Å². The number of anilines is 1. The van der Waals surface area contributed by atoms with Gasteiger partial charge < -0.3 is 0 Å². The Morgan fingerprint density at radius 2 is 2.00 bits per heavy atom. The second-order valence-corrected chi connectivity index (χ2v) is 8.16. The van der Waals surface area contributed by atoms with E-state index in [4.69, 9.17) is 0 Å².